The van der Waals surface area contributed by atoms with Crippen LogP contribution in [0.25, 0.3) is 10.6 Å². The molecule has 0 unspecified atom stereocenters. The van der Waals surface area contributed by atoms with Crippen molar-refractivity contribution >= 4 is 32.4 Å². The fourth-order valence-electron chi connectivity index (χ4n) is 4.11. The van der Waals surface area contributed by atoms with Crippen molar-refractivity contribution in [3.63, 3.8) is 0 Å². The maximum atomic E-state index is 14.6. The van der Waals surface area contributed by atoms with Crippen LogP contribution >= 0.6 is 11.3 Å². The minimum absolute atomic E-state index is 0.0588. The molecular weight excluding hydrogens is 500 g/mol. The number of aliphatic hydroxyl groups is 1. The average molecular weight is 525 g/mol. The molecule has 15 heteroatoms. The monoisotopic (exact) mass is 524 g/mol. The van der Waals surface area contributed by atoms with Gasteiger partial charge in [0.2, 0.25) is 16.0 Å². The van der Waals surface area contributed by atoms with Crippen LogP contribution in [-0.2, 0) is 16.2 Å². The zero-order chi connectivity index (χ0) is 24.7. The molecule has 0 aromatic carbocycles. The molecule has 0 radical (unpaired) electrons. The van der Waals surface area contributed by atoms with Gasteiger partial charge >= 0.3 is 6.18 Å². The third kappa shape index (κ3) is 5.58. The lowest BCUT2D eigenvalue weighted by atomic mass is 10.1. The quantitative estimate of drug-likeness (QED) is 0.494. The number of piperidine rings is 1. The maximum absolute atomic E-state index is 14.6. The van der Waals surface area contributed by atoms with Gasteiger partial charge in [-0.15, -0.1) is 0 Å². The number of nitrogens with zero attached hydrogens (tertiary/aromatic N) is 4. The lowest BCUT2D eigenvalue weighted by Gasteiger charge is -2.30. The van der Waals surface area contributed by atoms with E-state index < -0.39 is 50.4 Å². The lowest BCUT2D eigenvalue weighted by Crippen LogP contribution is -2.42. The Labute approximate surface area is 197 Å². The minimum atomic E-state index is -4.84. The van der Waals surface area contributed by atoms with E-state index in [0.717, 1.165) is 18.9 Å². The zero-order valence-electron chi connectivity index (χ0n) is 18.1. The highest BCUT2D eigenvalue weighted by atomic mass is 32.2. The minimum Gasteiger partial charge on any atom is -0.391 e. The second-order valence-corrected chi connectivity index (χ2v) is 11.4. The Morgan fingerprint density at radius 2 is 1.85 bits per heavy atom. The Bertz CT molecular complexity index is 1140. The number of nitrogens with one attached hydrogen (secondary N) is 2. The van der Waals surface area contributed by atoms with E-state index in [2.05, 4.69) is 25.6 Å². The van der Waals surface area contributed by atoms with Gasteiger partial charge in [0.1, 0.15) is 5.69 Å². The molecule has 2 atom stereocenters. The number of anilines is 2. The molecule has 2 aliphatic rings. The lowest BCUT2D eigenvalue weighted by molar-refractivity contribution is -0.140. The molecule has 188 valence electrons. The van der Waals surface area contributed by atoms with Crippen molar-refractivity contribution in [1.29, 1.82) is 0 Å². The van der Waals surface area contributed by atoms with Gasteiger partial charge in [-0.05, 0) is 32.1 Å². The second-order valence-electron chi connectivity index (χ2n) is 8.41. The number of rotatable bonds is 6. The van der Waals surface area contributed by atoms with Gasteiger partial charge in [-0.1, -0.05) is 11.3 Å². The first-order valence-electron chi connectivity index (χ1n) is 10.7. The number of hydrogen-bond donors (Lipinski definition) is 3. The van der Waals surface area contributed by atoms with Crippen molar-refractivity contribution in [1.82, 2.24) is 19.3 Å². The van der Waals surface area contributed by atoms with Crippen LogP contribution in [0.2, 0.25) is 0 Å². The van der Waals surface area contributed by atoms with E-state index in [0.29, 0.717) is 37.0 Å². The van der Waals surface area contributed by atoms with E-state index in [4.69, 9.17) is 0 Å². The summed E-state index contributed by atoms with van der Waals surface area (Å²) in [5.74, 6) is -1.09. The summed E-state index contributed by atoms with van der Waals surface area (Å²) in [4.78, 5) is 11.0. The van der Waals surface area contributed by atoms with Crippen LogP contribution in [0.5, 0.6) is 0 Å². The highest BCUT2D eigenvalue weighted by Gasteiger charge is 2.40. The molecule has 3 heterocycles. The van der Waals surface area contributed by atoms with Gasteiger partial charge in [0, 0.05) is 19.1 Å². The predicted octanol–water partition coefficient (Wildman–Crippen LogP) is 2.92. The first-order valence-corrected chi connectivity index (χ1v) is 13.4. The first-order chi connectivity index (χ1) is 15.9. The first kappa shape index (κ1) is 25.0. The van der Waals surface area contributed by atoms with Gasteiger partial charge in [-0.2, -0.15) is 13.2 Å². The maximum Gasteiger partial charge on any atom is 0.434 e. The number of halogens is 4. The summed E-state index contributed by atoms with van der Waals surface area (Å²) < 4.78 is 80.4. The third-order valence-corrected chi connectivity index (χ3v) is 8.20. The van der Waals surface area contributed by atoms with E-state index >= 15 is 0 Å². The van der Waals surface area contributed by atoms with Crippen molar-refractivity contribution in [3.8, 4) is 10.6 Å². The normalized spacial score (nSPS) is 22.8. The highest BCUT2D eigenvalue weighted by Crippen LogP contribution is 2.43. The number of hydrogen-bond acceptors (Lipinski definition) is 9. The van der Waals surface area contributed by atoms with Crippen LogP contribution in [0.3, 0.4) is 0 Å². The SMILES string of the molecule is CS(=O)(=O)N1CCC(Nc2ncc(F)c(-c3sc(N[C@@H]4CCC[C@H]4O)nc3C(F)(F)F)n2)CC1. The van der Waals surface area contributed by atoms with Crippen LogP contribution in [0, 0.1) is 5.82 Å². The number of alkyl halides is 3. The molecule has 34 heavy (non-hydrogen) atoms. The molecule has 1 saturated carbocycles. The molecule has 0 spiro atoms. The Kier molecular flexibility index (Phi) is 6.99. The van der Waals surface area contributed by atoms with Crippen molar-refractivity contribution < 1.29 is 31.1 Å². The second kappa shape index (κ2) is 9.51. The molecule has 1 aliphatic carbocycles. The number of thiazole rings is 1. The van der Waals surface area contributed by atoms with Crippen LogP contribution in [0.1, 0.15) is 37.8 Å². The molecule has 2 aromatic rings. The van der Waals surface area contributed by atoms with Gasteiger partial charge in [-0.25, -0.2) is 32.1 Å². The summed E-state index contributed by atoms with van der Waals surface area (Å²) in [6, 6.07) is -0.647. The van der Waals surface area contributed by atoms with E-state index in [9.17, 15) is 31.1 Å². The Morgan fingerprint density at radius 3 is 2.44 bits per heavy atom. The van der Waals surface area contributed by atoms with Crippen molar-refractivity contribution in [2.75, 3.05) is 30.0 Å². The van der Waals surface area contributed by atoms with Gasteiger partial charge in [0.15, 0.2) is 16.6 Å². The van der Waals surface area contributed by atoms with Crippen molar-refractivity contribution in [2.24, 2.45) is 0 Å². The molecule has 2 fully saturated rings. The standard InChI is InChI=1S/C19H24F4N6O3S2/c1-34(31,32)29-7-5-10(6-8-29)25-17-24-9-11(20)14(27-17)15-16(19(21,22)23)28-18(33-15)26-12-3-2-4-13(12)30/h9-10,12-13,30H,2-8H2,1H3,(H,26,28)(H,24,25,27)/t12-,13-/m1/s1. The fraction of sp³-hybridized carbons (Fsp3) is 0.632. The summed E-state index contributed by atoms with van der Waals surface area (Å²) in [7, 11) is -3.31. The average Bonchev–Trinajstić information content (AvgIpc) is 3.36. The van der Waals surface area contributed by atoms with Gasteiger partial charge in [0.05, 0.1) is 29.5 Å². The number of aromatic nitrogens is 3. The summed E-state index contributed by atoms with van der Waals surface area (Å²) in [6.07, 6.45) is -0.867. The molecule has 0 amide bonds. The topological polar surface area (TPSA) is 120 Å². The van der Waals surface area contributed by atoms with E-state index in [1.165, 1.54) is 4.31 Å². The van der Waals surface area contributed by atoms with Gasteiger partial charge < -0.3 is 15.7 Å². The number of aliphatic hydroxyl groups excluding tert-OH is 1. The van der Waals surface area contributed by atoms with E-state index in [1.54, 1.807) is 0 Å². The number of sulfonamides is 1. The third-order valence-electron chi connectivity index (χ3n) is 5.90. The summed E-state index contributed by atoms with van der Waals surface area (Å²) in [5.41, 5.74) is -1.80. The van der Waals surface area contributed by atoms with Crippen LogP contribution in [0.4, 0.5) is 28.6 Å². The highest BCUT2D eigenvalue weighted by molar-refractivity contribution is 7.88. The molecule has 1 saturated heterocycles. The van der Waals surface area contributed by atoms with Crippen molar-refractivity contribution in [3.05, 3.63) is 17.7 Å². The molecule has 0 bridgehead atoms. The predicted molar refractivity (Wildman–Crippen MR) is 118 cm³/mol. The molecule has 9 nitrogen and oxygen atoms in total. The van der Waals surface area contributed by atoms with E-state index in [-0.39, 0.29) is 30.2 Å². The smallest absolute Gasteiger partial charge is 0.391 e. The van der Waals surface area contributed by atoms with E-state index in [1.807, 2.05) is 0 Å². The fourth-order valence-corrected chi connectivity index (χ4v) is 6.02. The molecular formula is C19H24F4N6O3S2. The summed E-state index contributed by atoms with van der Waals surface area (Å²) in [5, 5.41) is 15.7. The summed E-state index contributed by atoms with van der Waals surface area (Å²) in [6.45, 7) is 0.555. The zero-order valence-corrected chi connectivity index (χ0v) is 19.8. The summed E-state index contributed by atoms with van der Waals surface area (Å²) >= 11 is 0.616. The van der Waals surface area contributed by atoms with Crippen molar-refractivity contribution in [2.45, 2.75) is 56.5 Å². The van der Waals surface area contributed by atoms with Gasteiger partial charge in [-0.3, -0.25) is 0 Å². The Balaban J connectivity index is 1.57. The molecule has 3 N–H and O–H groups in total. The van der Waals surface area contributed by atoms with Crippen LogP contribution in [-0.4, -0.2) is 70.3 Å². The Morgan fingerprint density at radius 1 is 1.15 bits per heavy atom. The Hall–Kier alpha value is -2.10. The molecule has 2 aromatic heterocycles. The van der Waals surface area contributed by atoms with Gasteiger partial charge in [0.25, 0.3) is 0 Å². The van der Waals surface area contributed by atoms with Crippen LogP contribution < -0.4 is 10.6 Å². The largest absolute Gasteiger partial charge is 0.434 e. The molecule has 1 aliphatic heterocycles. The van der Waals surface area contributed by atoms with Crippen LogP contribution in [0.15, 0.2) is 6.20 Å². The molecule has 4 rings (SSSR count).